The van der Waals surface area contributed by atoms with Gasteiger partial charge in [0.25, 0.3) is 5.16 Å². The minimum atomic E-state index is -5.13. The third-order valence-corrected chi connectivity index (χ3v) is 2.62. The van der Waals surface area contributed by atoms with Gasteiger partial charge in [0.05, 0.1) is 0 Å². The minimum absolute atomic E-state index is 0.429. The van der Waals surface area contributed by atoms with E-state index in [1.165, 1.54) is 6.92 Å². The molecule has 0 aliphatic heterocycles. The van der Waals surface area contributed by atoms with Gasteiger partial charge < -0.3 is 0 Å². The fourth-order valence-corrected chi connectivity index (χ4v) is 1.56. The molecule has 1 aromatic heterocycles. The Morgan fingerprint density at radius 3 is 2.27 bits per heavy atom. The molecule has 5 nitrogen and oxygen atoms in total. The SMILES string of the molecule is CCC(F)(F)c1nnc(S(=O)(=O)F)n1C. The van der Waals surface area contributed by atoms with Crippen LogP contribution in [0.25, 0.3) is 0 Å². The molecule has 1 rings (SSSR count). The third kappa shape index (κ3) is 2.11. The fourth-order valence-electron chi connectivity index (χ4n) is 1.00. The van der Waals surface area contributed by atoms with E-state index in [0.29, 0.717) is 4.57 Å². The Morgan fingerprint density at radius 2 is 1.93 bits per heavy atom. The van der Waals surface area contributed by atoms with E-state index in [9.17, 15) is 21.1 Å². The maximum atomic E-state index is 13.1. The maximum Gasteiger partial charge on any atom is 0.368 e. The normalized spacial score (nSPS) is 13.1. The van der Waals surface area contributed by atoms with Gasteiger partial charge in [-0.1, -0.05) is 10.8 Å². The summed E-state index contributed by atoms with van der Waals surface area (Å²) < 4.78 is 60.0. The standard InChI is InChI=1S/C6H8F3N3O2S/c1-3-6(7,8)4-10-11-5(12(4)2)15(9,13)14/h3H2,1-2H3. The van der Waals surface area contributed by atoms with Crippen molar-refractivity contribution in [1.82, 2.24) is 14.8 Å². The van der Waals surface area contributed by atoms with Gasteiger partial charge in [-0.2, -0.15) is 17.2 Å². The summed E-state index contributed by atoms with van der Waals surface area (Å²) in [6.45, 7) is 1.19. The molecule has 0 saturated carbocycles. The summed E-state index contributed by atoms with van der Waals surface area (Å²) in [4.78, 5) is 0. The largest absolute Gasteiger partial charge is 0.368 e. The van der Waals surface area contributed by atoms with Crippen molar-refractivity contribution in [3.63, 3.8) is 0 Å². The van der Waals surface area contributed by atoms with Crippen LogP contribution < -0.4 is 0 Å². The van der Waals surface area contributed by atoms with Crippen molar-refractivity contribution in [2.24, 2.45) is 7.05 Å². The van der Waals surface area contributed by atoms with E-state index in [4.69, 9.17) is 0 Å². The quantitative estimate of drug-likeness (QED) is 0.742. The topological polar surface area (TPSA) is 64.8 Å². The summed E-state index contributed by atoms with van der Waals surface area (Å²) in [5.74, 6) is -4.20. The van der Waals surface area contributed by atoms with Gasteiger partial charge in [-0.25, -0.2) is 0 Å². The van der Waals surface area contributed by atoms with Gasteiger partial charge in [0, 0.05) is 13.5 Å². The monoisotopic (exact) mass is 243 g/mol. The Kier molecular flexibility index (Phi) is 2.77. The molecule has 0 aliphatic rings. The Morgan fingerprint density at radius 1 is 1.40 bits per heavy atom. The highest BCUT2D eigenvalue weighted by atomic mass is 32.3. The molecule has 0 fully saturated rings. The Hall–Kier alpha value is -1.12. The summed E-state index contributed by atoms with van der Waals surface area (Å²) in [5.41, 5.74) is 0. The molecule has 1 aromatic rings. The summed E-state index contributed by atoms with van der Waals surface area (Å²) in [6.07, 6.45) is -0.578. The van der Waals surface area contributed by atoms with Crippen LogP contribution in [-0.2, 0) is 23.2 Å². The Bertz CT molecular complexity index is 468. The molecule has 0 unspecified atom stereocenters. The van der Waals surface area contributed by atoms with E-state index in [-0.39, 0.29) is 0 Å². The van der Waals surface area contributed by atoms with E-state index in [2.05, 4.69) is 10.2 Å². The molecule has 0 saturated heterocycles. The second kappa shape index (κ2) is 3.47. The molecule has 0 spiro atoms. The molecule has 0 amide bonds. The first-order valence-corrected chi connectivity index (χ1v) is 5.31. The van der Waals surface area contributed by atoms with Crippen LogP contribution in [-0.4, -0.2) is 23.2 Å². The molecule has 15 heavy (non-hydrogen) atoms. The number of nitrogens with zero attached hydrogens (tertiary/aromatic N) is 3. The highest BCUT2D eigenvalue weighted by Crippen LogP contribution is 2.30. The first-order valence-electron chi connectivity index (χ1n) is 3.92. The smallest absolute Gasteiger partial charge is 0.298 e. The predicted octanol–water partition coefficient (Wildman–Crippen LogP) is 0.975. The van der Waals surface area contributed by atoms with Crippen LogP contribution in [0.1, 0.15) is 19.2 Å². The maximum absolute atomic E-state index is 13.1. The van der Waals surface area contributed by atoms with Gasteiger partial charge >= 0.3 is 16.1 Å². The first kappa shape index (κ1) is 12.0. The number of aromatic nitrogens is 3. The molecule has 0 radical (unpaired) electrons. The molecule has 0 aromatic carbocycles. The van der Waals surface area contributed by atoms with Gasteiger partial charge in [0.2, 0.25) is 5.82 Å². The number of hydrogen-bond donors (Lipinski definition) is 0. The van der Waals surface area contributed by atoms with Crippen LogP contribution >= 0.6 is 0 Å². The van der Waals surface area contributed by atoms with Crippen LogP contribution in [0.4, 0.5) is 12.7 Å². The van der Waals surface area contributed by atoms with Crippen molar-refractivity contribution in [2.45, 2.75) is 24.4 Å². The van der Waals surface area contributed by atoms with E-state index in [1.54, 1.807) is 0 Å². The molecular formula is C6H8F3N3O2S. The molecular weight excluding hydrogens is 235 g/mol. The van der Waals surface area contributed by atoms with Gasteiger partial charge in [0.15, 0.2) is 0 Å². The fraction of sp³-hybridized carbons (Fsp3) is 0.667. The molecule has 9 heteroatoms. The lowest BCUT2D eigenvalue weighted by Crippen LogP contribution is -2.18. The summed E-state index contributed by atoms with van der Waals surface area (Å²) in [6, 6.07) is 0. The lowest BCUT2D eigenvalue weighted by molar-refractivity contribution is -0.0208. The zero-order chi connectivity index (χ0) is 11.9. The third-order valence-electron chi connectivity index (χ3n) is 1.82. The zero-order valence-corrected chi connectivity index (χ0v) is 8.72. The van der Waals surface area contributed by atoms with Gasteiger partial charge in [0.1, 0.15) is 0 Å². The van der Waals surface area contributed by atoms with Crippen molar-refractivity contribution in [1.29, 1.82) is 0 Å². The van der Waals surface area contributed by atoms with Crippen LogP contribution in [0.2, 0.25) is 0 Å². The molecule has 0 atom stereocenters. The first-order chi connectivity index (χ1) is 6.70. The van der Waals surface area contributed by atoms with Crippen LogP contribution in [0.15, 0.2) is 5.16 Å². The van der Waals surface area contributed by atoms with E-state index < -0.39 is 33.5 Å². The predicted molar refractivity (Wildman–Crippen MR) is 43.5 cm³/mol. The number of halogens is 3. The van der Waals surface area contributed by atoms with Crippen molar-refractivity contribution < 1.29 is 21.1 Å². The summed E-state index contributed by atoms with van der Waals surface area (Å²) >= 11 is 0. The Labute approximate surface area is 84.1 Å². The van der Waals surface area contributed by atoms with E-state index in [1.807, 2.05) is 0 Å². The van der Waals surface area contributed by atoms with Crippen LogP contribution in [0.3, 0.4) is 0 Å². The minimum Gasteiger partial charge on any atom is -0.298 e. The molecule has 0 bridgehead atoms. The number of alkyl halides is 2. The summed E-state index contributed by atoms with van der Waals surface area (Å²) in [5, 5.41) is 4.72. The van der Waals surface area contributed by atoms with Gasteiger partial charge in [-0.3, -0.25) is 4.57 Å². The lowest BCUT2D eigenvalue weighted by atomic mass is 10.2. The van der Waals surface area contributed by atoms with E-state index in [0.717, 1.165) is 7.05 Å². The highest BCUT2D eigenvalue weighted by molar-refractivity contribution is 7.86. The lowest BCUT2D eigenvalue weighted by Gasteiger charge is -2.12. The number of hydrogen-bond acceptors (Lipinski definition) is 4. The average Bonchev–Trinajstić information content (AvgIpc) is 2.46. The Balaban J connectivity index is 3.34. The second-order valence-corrected chi connectivity index (χ2v) is 4.10. The van der Waals surface area contributed by atoms with Crippen molar-refractivity contribution in [3.8, 4) is 0 Å². The molecule has 0 N–H and O–H groups in total. The van der Waals surface area contributed by atoms with E-state index >= 15 is 0 Å². The average molecular weight is 243 g/mol. The van der Waals surface area contributed by atoms with Crippen molar-refractivity contribution >= 4 is 10.2 Å². The summed E-state index contributed by atoms with van der Waals surface area (Å²) in [7, 11) is -4.16. The van der Waals surface area contributed by atoms with Crippen molar-refractivity contribution in [2.75, 3.05) is 0 Å². The van der Waals surface area contributed by atoms with Crippen LogP contribution in [0, 0.1) is 0 Å². The van der Waals surface area contributed by atoms with Crippen molar-refractivity contribution in [3.05, 3.63) is 5.82 Å². The molecule has 0 aliphatic carbocycles. The van der Waals surface area contributed by atoms with Crippen LogP contribution in [0.5, 0.6) is 0 Å². The van der Waals surface area contributed by atoms with Gasteiger partial charge in [-0.05, 0) is 0 Å². The number of rotatable bonds is 3. The second-order valence-electron chi connectivity index (χ2n) is 2.86. The highest BCUT2D eigenvalue weighted by Gasteiger charge is 2.37. The van der Waals surface area contributed by atoms with Gasteiger partial charge in [-0.15, -0.1) is 10.2 Å². The zero-order valence-electron chi connectivity index (χ0n) is 7.91. The molecule has 86 valence electrons. The molecule has 1 heterocycles.